The molecule has 1 fully saturated rings. The van der Waals surface area contributed by atoms with Gasteiger partial charge in [0.1, 0.15) is 0 Å². The average molecular weight is 247 g/mol. The average Bonchev–Trinajstić information content (AvgIpc) is 2.31. The van der Waals surface area contributed by atoms with E-state index in [0.717, 1.165) is 18.5 Å². The molecule has 1 atom stereocenters. The number of rotatable bonds is 3. The molecule has 1 aromatic rings. The monoisotopic (exact) mass is 247 g/mol. The van der Waals surface area contributed by atoms with E-state index >= 15 is 0 Å². The van der Waals surface area contributed by atoms with Crippen LogP contribution >= 0.6 is 0 Å². The molecule has 0 spiro atoms. The Kier molecular flexibility index (Phi) is 3.67. The summed E-state index contributed by atoms with van der Waals surface area (Å²) in [6, 6.07) is 8.44. The van der Waals surface area contributed by atoms with Gasteiger partial charge in [-0.25, -0.2) is 0 Å². The number of hydrogen-bond donors (Lipinski definition) is 2. The quantitative estimate of drug-likeness (QED) is 0.853. The highest BCUT2D eigenvalue weighted by Gasteiger charge is 2.39. The molecule has 18 heavy (non-hydrogen) atoms. The predicted octanol–water partition coefficient (Wildman–Crippen LogP) is 3.74. The molecular weight excluding hydrogens is 222 g/mol. The van der Waals surface area contributed by atoms with Crippen LogP contribution in [0, 0.1) is 12.3 Å². The lowest BCUT2D eigenvalue weighted by atomic mass is 9.68. The van der Waals surface area contributed by atoms with Crippen LogP contribution in [0.4, 0.5) is 5.69 Å². The predicted molar refractivity (Wildman–Crippen MR) is 76.9 cm³/mol. The third-order valence-electron chi connectivity index (χ3n) is 4.09. The summed E-state index contributed by atoms with van der Waals surface area (Å²) in [5.74, 6) is 0. The maximum Gasteiger partial charge on any atom is 0.0661 e. The van der Waals surface area contributed by atoms with E-state index in [2.05, 4.69) is 50.4 Å². The van der Waals surface area contributed by atoms with Crippen molar-refractivity contribution in [3.8, 4) is 0 Å². The van der Waals surface area contributed by atoms with E-state index in [1.807, 2.05) is 0 Å². The maximum absolute atomic E-state index is 9.83. The first-order valence-corrected chi connectivity index (χ1v) is 6.91. The second-order valence-corrected chi connectivity index (χ2v) is 6.62. The Morgan fingerprint density at radius 3 is 2.39 bits per heavy atom. The Morgan fingerprint density at radius 1 is 1.17 bits per heavy atom. The van der Waals surface area contributed by atoms with Crippen LogP contribution in [0.5, 0.6) is 0 Å². The number of nitrogens with one attached hydrogen (secondary N) is 1. The Balaban J connectivity index is 2.15. The zero-order valence-corrected chi connectivity index (χ0v) is 11.8. The van der Waals surface area contributed by atoms with Crippen LogP contribution in [-0.2, 0) is 0 Å². The van der Waals surface area contributed by atoms with E-state index in [1.54, 1.807) is 0 Å². The molecule has 1 aliphatic carbocycles. The van der Waals surface area contributed by atoms with Gasteiger partial charge in [0.05, 0.1) is 12.1 Å². The second-order valence-electron chi connectivity index (χ2n) is 6.62. The fourth-order valence-corrected chi connectivity index (χ4v) is 3.22. The van der Waals surface area contributed by atoms with Crippen molar-refractivity contribution in [2.75, 3.05) is 11.9 Å². The van der Waals surface area contributed by atoms with Crippen LogP contribution in [0.25, 0.3) is 0 Å². The van der Waals surface area contributed by atoms with Gasteiger partial charge in [-0.2, -0.15) is 0 Å². The van der Waals surface area contributed by atoms with Crippen LogP contribution < -0.4 is 5.32 Å². The highest BCUT2D eigenvalue weighted by atomic mass is 16.3. The first kappa shape index (κ1) is 13.4. The highest BCUT2D eigenvalue weighted by molar-refractivity contribution is 5.47. The van der Waals surface area contributed by atoms with Crippen molar-refractivity contribution < 1.29 is 5.11 Å². The summed E-state index contributed by atoms with van der Waals surface area (Å²) in [5, 5.41) is 13.4. The molecule has 0 heterocycles. The molecule has 1 unspecified atom stereocenters. The van der Waals surface area contributed by atoms with Gasteiger partial charge < -0.3 is 10.4 Å². The van der Waals surface area contributed by atoms with E-state index in [0.29, 0.717) is 5.41 Å². The minimum atomic E-state index is -0.142. The van der Waals surface area contributed by atoms with Crippen molar-refractivity contribution in [3.63, 3.8) is 0 Å². The fourth-order valence-electron chi connectivity index (χ4n) is 3.22. The first-order valence-electron chi connectivity index (χ1n) is 6.91. The minimum Gasteiger partial charge on any atom is -0.394 e. The molecule has 2 rings (SSSR count). The van der Waals surface area contributed by atoms with Crippen LogP contribution in [-0.4, -0.2) is 17.3 Å². The normalized spacial score (nSPS) is 26.9. The molecular formula is C16H25NO. The van der Waals surface area contributed by atoms with Gasteiger partial charge in [-0.1, -0.05) is 38.0 Å². The molecule has 0 radical (unpaired) electrons. The summed E-state index contributed by atoms with van der Waals surface area (Å²) in [6.07, 6.45) is 4.53. The van der Waals surface area contributed by atoms with E-state index in [9.17, 15) is 5.11 Å². The SMILES string of the molecule is Cc1ccc(NC2(CO)CCCC(C)(C)C2)cc1. The van der Waals surface area contributed by atoms with E-state index in [-0.39, 0.29) is 12.1 Å². The zero-order valence-electron chi connectivity index (χ0n) is 11.8. The summed E-state index contributed by atoms with van der Waals surface area (Å²) in [6.45, 7) is 6.90. The second kappa shape index (κ2) is 4.93. The van der Waals surface area contributed by atoms with E-state index in [4.69, 9.17) is 0 Å². The molecule has 2 heteroatoms. The number of aliphatic hydroxyl groups is 1. The number of anilines is 1. The van der Waals surface area contributed by atoms with Crippen LogP contribution in [0.3, 0.4) is 0 Å². The summed E-state index contributed by atoms with van der Waals surface area (Å²) >= 11 is 0. The lowest BCUT2D eigenvalue weighted by Crippen LogP contribution is -2.48. The van der Waals surface area contributed by atoms with Crippen LogP contribution in [0.1, 0.15) is 45.1 Å². The largest absolute Gasteiger partial charge is 0.394 e. The van der Waals surface area contributed by atoms with Crippen molar-refractivity contribution in [2.45, 2.75) is 52.0 Å². The van der Waals surface area contributed by atoms with E-state index in [1.165, 1.54) is 18.4 Å². The Hall–Kier alpha value is -1.02. The Morgan fingerprint density at radius 2 is 1.83 bits per heavy atom. The maximum atomic E-state index is 9.83. The first-order chi connectivity index (χ1) is 8.45. The van der Waals surface area contributed by atoms with Crippen molar-refractivity contribution in [2.24, 2.45) is 5.41 Å². The highest BCUT2D eigenvalue weighted by Crippen LogP contribution is 2.42. The van der Waals surface area contributed by atoms with Crippen molar-refractivity contribution in [1.29, 1.82) is 0 Å². The van der Waals surface area contributed by atoms with Gasteiger partial charge in [0.15, 0.2) is 0 Å². The smallest absolute Gasteiger partial charge is 0.0661 e. The Bertz CT molecular complexity index is 396. The lowest BCUT2D eigenvalue weighted by Gasteiger charge is -2.45. The summed E-state index contributed by atoms with van der Waals surface area (Å²) < 4.78 is 0. The van der Waals surface area contributed by atoms with Crippen molar-refractivity contribution >= 4 is 5.69 Å². The summed E-state index contributed by atoms with van der Waals surface area (Å²) in [5.41, 5.74) is 2.56. The van der Waals surface area contributed by atoms with Gasteiger partial charge in [-0.3, -0.25) is 0 Å². The van der Waals surface area contributed by atoms with E-state index < -0.39 is 0 Å². The number of aliphatic hydroxyl groups excluding tert-OH is 1. The van der Waals surface area contributed by atoms with Gasteiger partial charge in [0, 0.05) is 5.69 Å². The molecule has 1 saturated carbocycles. The van der Waals surface area contributed by atoms with Gasteiger partial charge in [-0.15, -0.1) is 0 Å². The van der Waals surface area contributed by atoms with Gasteiger partial charge >= 0.3 is 0 Å². The molecule has 2 nitrogen and oxygen atoms in total. The third-order valence-corrected chi connectivity index (χ3v) is 4.09. The Labute approximate surface area is 110 Å². The molecule has 0 saturated heterocycles. The third kappa shape index (κ3) is 3.05. The summed E-state index contributed by atoms with van der Waals surface area (Å²) in [7, 11) is 0. The minimum absolute atomic E-state index is 0.142. The molecule has 1 aliphatic rings. The fraction of sp³-hybridized carbons (Fsp3) is 0.625. The van der Waals surface area contributed by atoms with Gasteiger partial charge in [-0.05, 0) is 43.7 Å². The van der Waals surface area contributed by atoms with Gasteiger partial charge in [0.2, 0.25) is 0 Å². The molecule has 0 aromatic heterocycles. The van der Waals surface area contributed by atoms with Crippen molar-refractivity contribution in [3.05, 3.63) is 29.8 Å². The number of benzene rings is 1. The van der Waals surface area contributed by atoms with Crippen LogP contribution in [0.15, 0.2) is 24.3 Å². The lowest BCUT2D eigenvalue weighted by molar-refractivity contribution is 0.105. The zero-order chi connectivity index (χ0) is 13.2. The molecule has 0 bridgehead atoms. The molecule has 2 N–H and O–H groups in total. The van der Waals surface area contributed by atoms with Gasteiger partial charge in [0.25, 0.3) is 0 Å². The topological polar surface area (TPSA) is 32.3 Å². The standard InChI is InChI=1S/C16H25NO/c1-13-5-7-14(8-6-13)17-16(12-18)10-4-9-15(2,3)11-16/h5-8,17-18H,4,9-12H2,1-3H3. The molecule has 0 amide bonds. The number of aryl methyl sites for hydroxylation is 1. The van der Waals surface area contributed by atoms with Crippen molar-refractivity contribution in [1.82, 2.24) is 0 Å². The molecule has 0 aliphatic heterocycles. The van der Waals surface area contributed by atoms with Crippen LogP contribution in [0.2, 0.25) is 0 Å². The summed E-state index contributed by atoms with van der Waals surface area (Å²) in [4.78, 5) is 0. The number of hydrogen-bond acceptors (Lipinski definition) is 2. The molecule has 1 aromatic carbocycles. The molecule has 100 valence electrons.